The average Bonchev–Trinajstić information content (AvgIpc) is 2.59. The van der Waals surface area contributed by atoms with Gasteiger partial charge in [0.05, 0.1) is 18.5 Å². The number of hydrogen-bond donors (Lipinski definition) is 1. The van der Waals surface area contributed by atoms with Crippen molar-refractivity contribution in [3.8, 4) is 0 Å². The van der Waals surface area contributed by atoms with Gasteiger partial charge in [-0.25, -0.2) is 8.42 Å². The van der Waals surface area contributed by atoms with Crippen molar-refractivity contribution in [2.75, 3.05) is 51.6 Å². The van der Waals surface area contributed by atoms with E-state index in [0.29, 0.717) is 51.6 Å². The molecule has 0 aromatic heterocycles. The smallest absolute Gasteiger partial charge is 0.378 e. The molecular formula is C17H34F3IN4O3S. The van der Waals surface area contributed by atoms with Gasteiger partial charge in [0.25, 0.3) is 0 Å². The number of aliphatic imine (C=N–C) groups is 1. The summed E-state index contributed by atoms with van der Waals surface area (Å²) in [6, 6.07) is 0. The van der Waals surface area contributed by atoms with Crippen molar-refractivity contribution in [2.45, 2.75) is 52.3 Å². The van der Waals surface area contributed by atoms with Gasteiger partial charge in [-0.15, -0.1) is 24.0 Å². The number of sulfonamides is 1. The molecule has 0 spiro atoms. The Morgan fingerprint density at radius 2 is 1.79 bits per heavy atom. The largest absolute Gasteiger partial charge is 0.389 e. The molecule has 0 radical (unpaired) electrons. The summed E-state index contributed by atoms with van der Waals surface area (Å²) in [7, 11) is -3.36. The molecule has 1 rings (SSSR count). The Morgan fingerprint density at radius 3 is 2.31 bits per heavy atom. The summed E-state index contributed by atoms with van der Waals surface area (Å²) in [5.74, 6) is 0.577. The Labute approximate surface area is 189 Å². The number of unbranched alkanes of at least 4 members (excludes halogenated alkanes) is 1. The van der Waals surface area contributed by atoms with E-state index in [1.54, 1.807) is 0 Å². The molecule has 29 heavy (non-hydrogen) atoms. The third-order valence-electron chi connectivity index (χ3n) is 4.19. The Balaban J connectivity index is 0.00000784. The summed E-state index contributed by atoms with van der Waals surface area (Å²) in [4.78, 5) is 6.34. The van der Waals surface area contributed by atoms with E-state index in [4.69, 9.17) is 4.74 Å². The topological polar surface area (TPSA) is 74.2 Å². The minimum absolute atomic E-state index is 0. The summed E-state index contributed by atoms with van der Waals surface area (Å²) in [5, 5.41) is 3.13. The van der Waals surface area contributed by atoms with Crippen LogP contribution in [0.5, 0.6) is 0 Å². The van der Waals surface area contributed by atoms with Crippen LogP contribution in [0.1, 0.15) is 40.0 Å². The first-order valence-electron chi connectivity index (χ1n) is 9.74. The molecule has 0 aromatic rings. The van der Waals surface area contributed by atoms with Crippen LogP contribution in [0.15, 0.2) is 4.99 Å². The maximum absolute atomic E-state index is 12.4. The van der Waals surface area contributed by atoms with Crippen LogP contribution in [0, 0.1) is 0 Å². The zero-order valence-corrected chi connectivity index (χ0v) is 20.5. The molecule has 0 bridgehead atoms. The SMILES string of the molecule is CCNC(=NCCCCC(F)(F)F)N1CCN(S(=O)(=O)CCOC(C)C)CC1.I. The molecule has 174 valence electrons. The predicted octanol–water partition coefficient (Wildman–Crippen LogP) is 2.67. The van der Waals surface area contributed by atoms with Crippen molar-refractivity contribution < 1.29 is 26.3 Å². The molecule has 0 saturated carbocycles. The van der Waals surface area contributed by atoms with Crippen molar-refractivity contribution in [2.24, 2.45) is 4.99 Å². The van der Waals surface area contributed by atoms with Crippen molar-refractivity contribution >= 4 is 40.0 Å². The fourth-order valence-electron chi connectivity index (χ4n) is 2.74. The van der Waals surface area contributed by atoms with E-state index in [-0.39, 0.29) is 48.9 Å². The highest BCUT2D eigenvalue weighted by atomic mass is 127. The van der Waals surface area contributed by atoms with Gasteiger partial charge < -0.3 is 15.0 Å². The summed E-state index contributed by atoms with van der Waals surface area (Å²) >= 11 is 0. The zero-order chi connectivity index (χ0) is 21.2. The number of ether oxygens (including phenoxy) is 1. The molecule has 1 aliphatic heterocycles. The van der Waals surface area contributed by atoms with Gasteiger partial charge in [0.2, 0.25) is 10.0 Å². The van der Waals surface area contributed by atoms with Crippen LogP contribution in [-0.4, -0.2) is 87.5 Å². The highest BCUT2D eigenvalue weighted by Crippen LogP contribution is 2.22. The highest BCUT2D eigenvalue weighted by molar-refractivity contribution is 14.0. The van der Waals surface area contributed by atoms with Crippen molar-refractivity contribution in [1.82, 2.24) is 14.5 Å². The van der Waals surface area contributed by atoms with Crippen LogP contribution >= 0.6 is 24.0 Å². The number of halogens is 4. The molecule has 0 aliphatic carbocycles. The molecule has 0 amide bonds. The fraction of sp³-hybridized carbons (Fsp3) is 0.941. The lowest BCUT2D eigenvalue weighted by Gasteiger charge is -2.36. The first-order chi connectivity index (χ1) is 13.0. The second-order valence-electron chi connectivity index (χ2n) is 6.93. The number of alkyl halides is 3. The molecule has 1 aliphatic rings. The van der Waals surface area contributed by atoms with Gasteiger partial charge in [-0.2, -0.15) is 17.5 Å². The Hall–Kier alpha value is -0.340. The number of guanidine groups is 1. The van der Waals surface area contributed by atoms with E-state index in [0.717, 1.165) is 0 Å². The van der Waals surface area contributed by atoms with E-state index in [1.807, 2.05) is 25.7 Å². The molecule has 7 nitrogen and oxygen atoms in total. The standard InChI is InChI=1S/C17H33F3N4O3S.HI/c1-4-21-16(22-8-6-5-7-17(18,19)20)23-9-11-24(12-10-23)28(25,26)14-13-27-15(2)3;/h15H,4-14H2,1-3H3,(H,21,22);1H. The lowest BCUT2D eigenvalue weighted by Crippen LogP contribution is -2.54. The van der Waals surface area contributed by atoms with Crippen LogP contribution in [0.25, 0.3) is 0 Å². The van der Waals surface area contributed by atoms with Crippen LogP contribution in [-0.2, 0) is 14.8 Å². The van der Waals surface area contributed by atoms with Gasteiger partial charge in [0.1, 0.15) is 0 Å². The minimum atomic E-state index is -4.13. The lowest BCUT2D eigenvalue weighted by atomic mass is 10.2. The van der Waals surface area contributed by atoms with Gasteiger partial charge >= 0.3 is 6.18 Å². The number of nitrogens with one attached hydrogen (secondary N) is 1. The Kier molecular flexibility index (Phi) is 13.7. The van der Waals surface area contributed by atoms with Crippen molar-refractivity contribution in [1.29, 1.82) is 0 Å². The molecule has 1 heterocycles. The second-order valence-corrected chi connectivity index (χ2v) is 9.02. The van der Waals surface area contributed by atoms with Gasteiger partial charge in [-0.3, -0.25) is 4.99 Å². The van der Waals surface area contributed by atoms with Crippen molar-refractivity contribution in [3.05, 3.63) is 0 Å². The normalized spacial score (nSPS) is 16.8. The Bertz CT molecular complexity index is 581. The monoisotopic (exact) mass is 558 g/mol. The number of rotatable bonds is 10. The molecule has 1 N–H and O–H groups in total. The van der Waals surface area contributed by atoms with E-state index >= 15 is 0 Å². The molecule has 1 fully saturated rings. The molecular weight excluding hydrogens is 524 g/mol. The predicted molar refractivity (Wildman–Crippen MR) is 119 cm³/mol. The van der Waals surface area contributed by atoms with Gasteiger partial charge in [0.15, 0.2) is 5.96 Å². The highest BCUT2D eigenvalue weighted by Gasteiger charge is 2.28. The summed E-state index contributed by atoms with van der Waals surface area (Å²) < 4.78 is 68.1. The van der Waals surface area contributed by atoms with E-state index in [2.05, 4.69) is 10.3 Å². The molecule has 0 aromatic carbocycles. The number of piperazine rings is 1. The maximum Gasteiger partial charge on any atom is 0.389 e. The second kappa shape index (κ2) is 13.9. The quantitative estimate of drug-likeness (QED) is 0.193. The summed E-state index contributed by atoms with van der Waals surface area (Å²) in [6.07, 6.45) is -4.52. The number of nitrogens with zero attached hydrogens (tertiary/aromatic N) is 3. The van der Waals surface area contributed by atoms with Gasteiger partial charge in [0, 0.05) is 45.7 Å². The third kappa shape index (κ3) is 12.2. The third-order valence-corrected chi connectivity index (χ3v) is 6.02. The fourth-order valence-corrected chi connectivity index (χ4v) is 4.03. The van der Waals surface area contributed by atoms with Crippen LogP contribution < -0.4 is 5.32 Å². The average molecular weight is 558 g/mol. The first-order valence-corrected chi connectivity index (χ1v) is 11.4. The summed E-state index contributed by atoms with van der Waals surface area (Å²) in [5.41, 5.74) is 0. The lowest BCUT2D eigenvalue weighted by molar-refractivity contribution is -0.135. The molecule has 0 unspecified atom stereocenters. The van der Waals surface area contributed by atoms with E-state index < -0.39 is 22.6 Å². The van der Waals surface area contributed by atoms with E-state index in [1.165, 1.54) is 4.31 Å². The van der Waals surface area contributed by atoms with Crippen molar-refractivity contribution in [3.63, 3.8) is 0 Å². The van der Waals surface area contributed by atoms with Crippen LogP contribution in [0.3, 0.4) is 0 Å². The molecule has 1 saturated heterocycles. The van der Waals surface area contributed by atoms with Gasteiger partial charge in [-0.05, 0) is 33.6 Å². The maximum atomic E-state index is 12.4. The molecule has 12 heteroatoms. The zero-order valence-electron chi connectivity index (χ0n) is 17.4. The van der Waals surface area contributed by atoms with Crippen LogP contribution in [0.4, 0.5) is 13.2 Å². The van der Waals surface area contributed by atoms with Gasteiger partial charge in [-0.1, -0.05) is 0 Å². The first kappa shape index (κ1) is 28.7. The molecule has 0 atom stereocenters. The Morgan fingerprint density at radius 1 is 1.17 bits per heavy atom. The van der Waals surface area contributed by atoms with E-state index in [9.17, 15) is 21.6 Å². The number of hydrogen-bond acceptors (Lipinski definition) is 4. The minimum Gasteiger partial charge on any atom is -0.378 e. The summed E-state index contributed by atoms with van der Waals surface area (Å²) in [6.45, 7) is 8.40. The van der Waals surface area contributed by atoms with Crippen LogP contribution in [0.2, 0.25) is 0 Å².